The summed E-state index contributed by atoms with van der Waals surface area (Å²) in [7, 11) is 0. The van der Waals surface area contributed by atoms with Crippen molar-refractivity contribution in [3.8, 4) is 0 Å². The van der Waals surface area contributed by atoms with Crippen molar-refractivity contribution in [2.24, 2.45) is 5.92 Å². The van der Waals surface area contributed by atoms with Gasteiger partial charge in [-0.25, -0.2) is 4.98 Å². The lowest BCUT2D eigenvalue weighted by atomic mass is 9.82. The lowest BCUT2D eigenvalue weighted by Gasteiger charge is -2.37. The number of nitrogens with zero attached hydrogens (tertiary/aromatic N) is 3. The number of carbonyl (C=O) groups is 2. The Labute approximate surface area is 157 Å². The highest BCUT2D eigenvalue weighted by Gasteiger charge is 2.36. The van der Waals surface area contributed by atoms with Crippen LogP contribution in [-0.4, -0.2) is 52.8 Å². The lowest BCUT2D eigenvalue weighted by molar-refractivity contribution is -0.142. The molecule has 0 N–H and O–H groups in total. The second kappa shape index (κ2) is 7.19. The van der Waals surface area contributed by atoms with Crippen LogP contribution in [0.5, 0.6) is 0 Å². The van der Waals surface area contributed by atoms with Crippen LogP contribution in [0.4, 0.5) is 0 Å². The van der Waals surface area contributed by atoms with Crippen molar-refractivity contribution in [1.82, 2.24) is 14.8 Å². The van der Waals surface area contributed by atoms with E-state index in [4.69, 9.17) is 4.98 Å². The zero-order chi connectivity index (χ0) is 18.1. The number of allylic oxidation sites excluding steroid dienone is 2. The molecule has 2 aliphatic rings. The van der Waals surface area contributed by atoms with Crippen LogP contribution in [0.1, 0.15) is 30.7 Å². The number of benzene rings is 1. The predicted molar refractivity (Wildman–Crippen MR) is 103 cm³/mol. The van der Waals surface area contributed by atoms with E-state index in [0.717, 1.165) is 23.4 Å². The molecule has 1 aliphatic carbocycles. The minimum Gasteiger partial charge on any atom is -0.339 e. The summed E-state index contributed by atoms with van der Waals surface area (Å²) in [6, 6.07) is 8.16. The zero-order valence-electron chi connectivity index (χ0n) is 14.9. The average molecular weight is 369 g/mol. The summed E-state index contributed by atoms with van der Waals surface area (Å²) in [5, 5.41) is 1.07. The van der Waals surface area contributed by atoms with Crippen molar-refractivity contribution in [2.45, 2.75) is 25.7 Å². The number of aromatic nitrogens is 1. The molecule has 136 valence electrons. The Morgan fingerprint density at radius 3 is 2.46 bits per heavy atom. The Morgan fingerprint density at radius 2 is 1.73 bits per heavy atom. The lowest BCUT2D eigenvalue weighted by Crippen LogP contribution is -2.52. The number of piperazine rings is 1. The smallest absolute Gasteiger partial charge is 0.226 e. The molecule has 1 fully saturated rings. The Bertz CT molecular complexity index is 819. The molecule has 0 spiro atoms. The highest BCUT2D eigenvalue weighted by Crippen LogP contribution is 2.39. The maximum atomic E-state index is 13.2. The van der Waals surface area contributed by atoms with E-state index in [9.17, 15) is 9.59 Å². The molecule has 0 bridgehead atoms. The second-order valence-corrected chi connectivity index (χ2v) is 8.07. The number of thiazole rings is 1. The Kier molecular flexibility index (Phi) is 4.76. The SMILES string of the molecule is CC(=O)N1CCN(C(=O)C2CC=CCC2c2nc3ccccc3s2)CC1. The quantitative estimate of drug-likeness (QED) is 0.765. The summed E-state index contributed by atoms with van der Waals surface area (Å²) in [6.45, 7) is 4.12. The highest BCUT2D eigenvalue weighted by atomic mass is 32.1. The number of hydrogen-bond donors (Lipinski definition) is 0. The molecule has 2 unspecified atom stereocenters. The molecule has 1 aliphatic heterocycles. The number of amides is 2. The van der Waals surface area contributed by atoms with E-state index in [1.807, 2.05) is 28.0 Å². The average Bonchev–Trinajstić information content (AvgIpc) is 3.11. The van der Waals surface area contributed by atoms with Gasteiger partial charge in [0.15, 0.2) is 0 Å². The first-order chi connectivity index (χ1) is 12.6. The standard InChI is InChI=1S/C20H23N3O2S/c1-14(24)22-10-12-23(13-11-22)20(25)16-7-3-2-6-15(16)19-21-17-8-4-5-9-18(17)26-19/h2-5,8-9,15-16H,6-7,10-13H2,1H3. The molecule has 1 aromatic heterocycles. The maximum Gasteiger partial charge on any atom is 0.226 e. The van der Waals surface area contributed by atoms with Gasteiger partial charge in [-0.05, 0) is 25.0 Å². The van der Waals surface area contributed by atoms with Crippen LogP contribution in [0.15, 0.2) is 36.4 Å². The van der Waals surface area contributed by atoms with Crippen LogP contribution < -0.4 is 0 Å². The summed E-state index contributed by atoms with van der Waals surface area (Å²) in [4.78, 5) is 33.3. The van der Waals surface area contributed by atoms with Gasteiger partial charge in [0.2, 0.25) is 11.8 Å². The minimum absolute atomic E-state index is 0.0514. The van der Waals surface area contributed by atoms with Crippen LogP contribution >= 0.6 is 11.3 Å². The first-order valence-electron chi connectivity index (χ1n) is 9.18. The fourth-order valence-corrected chi connectivity index (χ4v) is 5.03. The Balaban J connectivity index is 1.53. The third-order valence-corrected chi connectivity index (χ3v) is 6.58. The minimum atomic E-state index is -0.0514. The van der Waals surface area contributed by atoms with Crippen LogP contribution in [0, 0.1) is 5.92 Å². The van der Waals surface area contributed by atoms with Gasteiger partial charge in [-0.15, -0.1) is 11.3 Å². The molecule has 2 atom stereocenters. The molecule has 1 saturated heterocycles. The number of para-hydroxylation sites is 1. The van der Waals surface area contributed by atoms with Crippen molar-refractivity contribution in [3.05, 3.63) is 41.4 Å². The van der Waals surface area contributed by atoms with E-state index in [-0.39, 0.29) is 23.7 Å². The van der Waals surface area contributed by atoms with E-state index in [2.05, 4.69) is 18.2 Å². The van der Waals surface area contributed by atoms with Crippen LogP contribution in [0.25, 0.3) is 10.2 Å². The Morgan fingerprint density at radius 1 is 1.04 bits per heavy atom. The number of fused-ring (bicyclic) bond motifs is 1. The van der Waals surface area contributed by atoms with Gasteiger partial charge >= 0.3 is 0 Å². The first kappa shape index (κ1) is 17.2. The monoisotopic (exact) mass is 369 g/mol. The molecule has 2 heterocycles. The molecule has 2 amide bonds. The van der Waals surface area contributed by atoms with Crippen LogP contribution in [0.2, 0.25) is 0 Å². The molecule has 6 heteroatoms. The van der Waals surface area contributed by atoms with Gasteiger partial charge in [0.05, 0.1) is 21.1 Å². The molecule has 4 rings (SSSR count). The molecular weight excluding hydrogens is 346 g/mol. The van der Waals surface area contributed by atoms with Crippen molar-refractivity contribution >= 4 is 33.4 Å². The fraction of sp³-hybridized carbons (Fsp3) is 0.450. The topological polar surface area (TPSA) is 53.5 Å². The van der Waals surface area contributed by atoms with Crippen molar-refractivity contribution < 1.29 is 9.59 Å². The third-order valence-electron chi connectivity index (χ3n) is 5.41. The van der Waals surface area contributed by atoms with Gasteiger partial charge in [-0.1, -0.05) is 24.3 Å². The molecule has 2 aromatic rings. The molecule has 1 aromatic carbocycles. The van der Waals surface area contributed by atoms with Gasteiger partial charge in [0, 0.05) is 39.0 Å². The predicted octanol–water partition coefficient (Wildman–Crippen LogP) is 3.04. The van der Waals surface area contributed by atoms with E-state index in [1.54, 1.807) is 18.3 Å². The molecular formula is C20H23N3O2S. The number of rotatable bonds is 2. The van der Waals surface area contributed by atoms with Gasteiger partial charge in [-0.2, -0.15) is 0 Å². The van der Waals surface area contributed by atoms with Gasteiger partial charge < -0.3 is 9.80 Å². The number of hydrogen-bond acceptors (Lipinski definition) is 4. The third kappa shape index (κ3) is 3.26. The van der Waals surface area contributed by atoms with Crippen molar-refractivity contribution in [1.29, 1.82) is 0 Å². The van der Waals surface area contributed by atoms with Crippen LogP contribution in [0.3, 0.4) is 0 Å². The van der Waals surface area contributed by atoms with E-state index >= 15 is 0 Å². The molecule has 26 heavy (non-hydrogen) atoms. The Hall–Kier alpha value is -2.21. The molecule has 0 radical (unpaired) electrons. The summed E-state index contributed by atoms with van der Waals surface area (Å²) in [5.74, 6) is 0.395. The van der Waals surface area contributed by atoms with Crippen molar-refractivity contribution in [2.75, 3.05) is 26.2 Å². The summed E-state index contributed by atoms with van der Waals surface area (Å²) < 4.78 is 1.18. The zero-order valence-corrected chi connectivity index (χ0v) is 15.7. The van der Waals surface area contributed by atoms with Gasteiger partial charge in [0.25, 0.3) is 0 Å². The molecule has 0 saturated carbocycles. The van der Waals surface area contributed by atoms with E-state index in [0.29, 0.717) is 26.2 Å². The van der Waals surface area contributed by atoms with Crippen molar-refractivity contribution in [3.63, 3.8) is 0 Å². The summed E-state index contributed by atoms with van der Waals surface area (Å²) in [6.07, 6.45) is 5.93. The highest BCUT2D eigenvalue weighted by molar-refractivity contribution is 7.18. The summed E-state index contributed by atoms with van der Waals surface area (Å²) in [5.41, 5.74) is 1.02. The van der Waals surface area contributed by atoms with E-state index in [1.165, 1.54) is 4.70 Å². The van der Waals surface area contributed by atoms with Gasteiger partial charge in [-0.3, -0.25) is 9.59 Å². The first-order valence-corrected chi connectivity index (χ1v) is 10.00. The summed E-state index contributed by atoms with van der Waals surface area (Å²) >= 11 is 1.71. The normalized spacial score (nSPS) is 23.4. The van der Waals surface area contributed by atoms with E-state index < -0.39 is 0 Å². The number of carbonyl (C=O) groups excluding carboxylic acids is 2. The maximum absolute atomic E-state index is 13.2. The van der Waals surface area contributed by atoms with Crippen LogP contribution in [-0.2, 0) is 9.59 Å². The largest absolute Gasteiger partial charge is 0.339 e. The molecule has 5 nitrogen and oxygen atoms in total. The fourth-order valence-electron chi connectivity index (χ4n) is 3.88. The van der Waals surface area contributed by atoms with Gasteiger partial charge in [0.1, 0.15) is 0 Å². The second-order valence-electron chi connectivity index (χ2n) is 7.01.